The predicted octanol–water partition coefficient (Wildman–Crippen LogP) is 13.9. The van der Waals surface area contributed by atoms with Crippen LogP contribution < -0.4 is 29.6 Å². The molecule has 10 bridgehead atoms. The molecular formula is C64H60N2O6. The predicted molar refractivity (Wildman–Crippen MR) is 285 cm³/mol. The number of fused-ring (bicyclic) bond motifs is 9. The first kappa shape index (κ1) is 47.6. The Bertz CT molecular complexity index is 2820. The second kappa shape index (κ2) is 23.2. The number of amides is 2. The molecule has 0 atom stereocenters. The van der Waals surface area contributed by atoms with Crippen LogP contribution in [0.3, 0.4) is 0 Å². The number of hydrogen-bond acceptors (Lipinski definition) is 6. The van der Waals surface area contributed by atoms with E-state index in [-0.39, 0.29) is 11.8 Å². The average Bonchev–Trinajstić information content (AvgIpc) is 3.39. The number of carbonyl (C=O) groups excluding carboxylic acids is 2. The van der Waals surface area contributed by atoms with Gasteiger partial charge in [-0.1, -0.05) is 171 Å². The number of nitrogens with one attached hydrogen (secondary N) is 2. The maximum absolute atomic E-state index is 13.9. The third-order valence-electron chi connectivity index (χ3n) is 13.4. The molecule has 0 saturated heterocycles. The second-order valence-electron chi connectivity index (χ2n) is 18.9. The quantitative estimate of drug-likeness (QED) is 0.127. The average molecular weight is 953 g/mol. The highest BCUT2D eigenvalue weighted by molar-refractivity contribution is 5.92. The first-order valence-corrected chi connectivity index (χ1v) is 25.3. The third-order valence-corrected chi connectivity index (χ3v) is 13.4. The standard InChI is InChI=1S/C64H60N2O6/c67-59-31-15-1-2-16-32-60(68)66-58-39-55-35-51-29-17-27-49(61(51)69-41-45-19-7-3-8-20-45)33-53-37-57(65-59)38-54(63(53)71-43-47-23-11-5-12-24-47)34-50-28-18-30-52(62(50)70-42-46-21-9-4-10-22-46)36-56(40-58)64(55)72-44-48-25-13-6-14-26-48/h3-14,17-30,37-40H,1-2,15-16,31-36,41-44H2,(H,65,67)(H,66,68). The fraction of sp³-hybridized carbons (Fsp3) is 0.219. The zero-order valence-electron chi connectivity index (χ0n) is 40.7. The fourth-order valence-corrected chi connectivity index (χ4v) is 9.86. The van der Waals surface area contributed by atoms with E-state index in [4.69, 9.17) is 18.9 Å². The van der Waals surface area contributed by atoms with Gasteiger partial charge in [-0.25, -0.2) is 0 Å². The van der Waals surface area contributed by atoms with E-state index in [0.29, 0.717) is 89.2 Å². The van der Waals surface area contributed by atoms with Crippen LogP contribution in [0, 0.1) is 0 Å². The van der Waals surface area contributed by atoms with Crippen molar-refractivity contribution in [3.8, 4) is 23.0 Å². The number of ether oxygens (including phenoxy) is 4. The number of anilines is 2. The summed E-state index contributed by atoms with van der Waals surface area (Å²) in [5.41, 5.74) is 13.1. The Morgan fingerprint density at radius 2 is 0.569 bits per heavy atom. The first-order chi connectivity index (χ1) is 35.5. The molecule has 2 N–H and O–H groups in total. The Morgan fingerprint density at radius 3 is 0.847 bits per heavy atom. The van der Waals surface area contributed by atoms with Crippen molar-refractivity contribution in [1.82, 2.24) is 0 Å². The first-order valence-electron chi connectivity index (χ1n) is 25.3. The number of benzene rings is 8. The highest BCUT2D eigenvalue weighted by atomic mass is 16.5. The second-order valence-corrected chi connectivity index (χ2v) is 18.9. The van der Waals surface area contributed by atoms with E-state index in [1.165, 1.54) is 0 Å². The smallest absolute Gasteiger partial charge is 0.224 e. The van der Waals surface area contributed by atoms with Crippen LogP contribution in [0.2, 0.25) is 0 Å². The van der Waals surface area contributed by atoms with Gasteiger partial charge in [-0.2, -0.15) is 0 Å². The Balaban J connectivity index is 1.21. The van der Waals surface area contributed by atoms with E-state index in [0.717, 1.165) is 103 Å². The largest absolute Gasteiger partial charge is 0.488 e. The van der Waals surface area contributed by atoms with Crippen molar-refractivity contribution < 1.29 is 28.5 Å². The van der Waals surface area contributed by atoms with Crippen molar-refractivity contribution in [2.75, 3.05) is 10.6 Å². The van der Waals surface area contributed by atoms with Gasteiger partial charge in [-0.05, 0) is 81.6 Å². The van der Waals surface area contributed by atoms with Crippen LogP contribution in [0.5, 0.6) is 23.0 Å². The number of rotatable bonds is 12. The minimum atomic E-state index is -0.0535. The van der Waals surface area contributed by atoms with Crippen molar-refractivity contribution in [1.29, 1.82) is 0 Å². The summed E-state index contributed by atoms with van der Waals surface area (Å²) in [6.45, 7) is 1.40. The van der Waals surface area contributed by atoms with Crippen LogP contribution in [0.1, 0.15) is 105 Å². The maximum atomic E-state index is 13.9. The van der Waals surface area contributed by atoms with Crippen LogP contribution in [0.25, 0.3) is 0 Å². The molecule has 8 heteroatoms. The van der Waals surface area contributed by atoms with Crippen molar-refractivity contribution in [3.05, 3.63) is 249 Å². The summed E-state index contributed by atoms with van der Waals surface area (Å²) in [4.78, 5) is 27.7. The van der Waals surface area contributed by atoms with Crippen molar-refractivity contribution >= 4 is 23.2 Å². The van der Waals surface area contributed by atoms with Crippen LogP contribution in [0.4, 0.5) is 11.4 Å². The molecule has 1 aliphatic carbocycles. The topological polar surface area (TPSA) is 95.1 Å². The highest BCUT2D eigenvalue weighted by Crippen LogP contribution is 2.42. The Hall–Kier alpha value is -8.10. The summed E-state index contributed by atoms with van der Waals surface area (Å²) in [5.74, 6) is 2.92. The molecule has 0 saturated carbocycles. The molecule has 8 nitrogen and oxygen atoms in total. The lowest BCUT2D eigenvalue weighted by Crippen LogP contribution is -2.13. The molecule has 8 aromatic carbocycles. The lowest BCUT2D eigenvalue weighted by Gasteiger charge is -2.24. The molecule has 0 spiro atoms. The summed E-state index contributed by atoms with van der Waals surface area (Å²) in [6, 6.07) is 61.9. The summed E-state index contributed by atoms with van der Waals surface area (Å²) in [7, 11) is 0. The van der Waals surface area contributed by atoms with E-state index in [1.807, 2.05) is 72.8 Å². The van der Waals surface area contributed by atoms with Crippen molar-refractivity contribution in [2.24, 2.45) is 0 Å². The lowest BCUT2D eigenvalue weighted by atomic mass is 9.90. The minimum Gasteiger partial charge on any atom is -0.488 e. The zero-order chi connectivity index (χ0) is 48.9. The van der Waals surface area contributed by atoms with Gasteiger partial charge in [0.15, 0.2) is 0 Å². The van der Waals surface area contributed by atoms with Gasteiger partial charge in [0.25, 0.3) is 0 Å². The Morgan fingerprint density at radius 1 is 0.306 bits per heavy atom. The Labute approximate surface area is 423 Å². The molecule has 3 aliphatic rings. The highest BCUT2D eigenvalue weighted by Gasteiger charge is 2.25. The summed E-state index contributed by atoms with van der Waals surface area (Å²) in [6.07, 6.45) is 5.60. The molecule has 0 aromatic heterocycles. The van der Waals surface area contributed by atoms with Gasteiger partial charge in [0.05, 0.1) is 0 Å². The fourth-order valence-electron chi connectivity index (χ4n) is 9.86. The zero-order valence-corrected chi connectivity index (χ0v) is 40.7. The van der Waals surface area contributed by atoms with Gasteiger partial charge in [-0.3, -0.25) is 9.59 Å². The molecular weight excluding hydrogens is 893 g/mol. The normalized spacial score (nSPS) is 13.8. The molecule has 2 aliphatic heterocycles. The van der Waals surface area contributed by atoms with Gasteiger partial charge in [0.1, 0.15) is 49.4 Å². The van der Waals surface area contributed by atoms with Gasteiger partial charge in [-0.15, -0.1) is 0 Å². The van der Waals surface area contributed by atoms with Crippen LogP contribution >= 0.6 is 0 Å². The third kappa shape index (κ3) is 12.2. The van der Waals surface area contributed by atoms with E-state index in [9.17, 15) is 9.59 Å². The van der Waals surface area contributed by atoms with Gasteiger partial charge in [0.2, 0.25) is 11.8 Å². The van der Waals surface area contributed by atoms with E-state index in [2.05, 4.69) is 120 Å². The molecule has 11 rings (SSSR count). The minimum absolute atomic E-state index is 0.0535. The van der Waals surface area contributed by atoms with E-state index in [1.54, 1.807) is 0 Å². The summed E-state index contributed by atoms with van der Waals surface area (Å²) in [5, 5.41) is 6.60. The molecule has 362 valence electrons. The van der Waals surface area contributed by atoms with Gasteiger partial charge >= 0.3 is 0 Å². The molecule has 0 radical (unpaired) electrons. The molecule has 72 heavy (non-hydrogen) atoms. The van der Waals surface area contributed by atoms with Crippen LogP contribution in [-0.4, -0.2) is 11.8 Å². The van der Waals surface area contributed by atoms with Gasteiger partial charge in [0, 0.05) is 72.2 Å². The molecule has 8 aromatic rings. The van der Waals surface area contributed by atoms with Crippen LogP contribution in [-0.2, 0) is 61.7 Å². The summed E-state index contributed by atoms with van der Waals surface area (Å²) < 4.78 is 28.1. The summed E-state index contributed by atoms with van der Waals surface area (Å²) >= 11 is 0. The number of para-hydroxylation sites is 2. The van der Waals surface area contributed by atoms with Crippen molar-refractivity contribution in [3.63, 3.8) is 0 Å². The van der Waals surface area contributed by atoms with Gasteiger partial charge < -0.3 is 29.6 Å². The molecule has 0 fully saturated rings. The monoisotopic (exact) mass is 952 g/mol. The molecule has 2 amide bonds. The lowest BCUT2D eigenvalue weighted by molar-refractivity contribution is -0.117. The van der Waals surface area contributed by atoms with E-state index < -0.39 is 0 Å². The maximum Gasteiger partial charge on any atom is 0.224 e. The van der Waals surface area contributed by atoms with Crippen molar-refractivity contribution in [2.45, 2.75) is 90.6 Å². The van der Waals surface area contributed by atoms with Crippen LogP contribution in [0.15, 0.2) is 182 Å². The van der Waals surface area contributed by atoms with E-state index >= 15 is 0 Å². The number of hydrogen-bond donors (Lipinski definition) is 2. The Kier molecular flexibility index (Phi) is 15.3. The number of carbonyl (C=O) groups is 2. The molecule has 2 heterocycles. The molecule has 0 unspecified atom stereocenters. The SMILES string of the molecule is O=C1CCCCCCC(=O)Nc2cc3c(OCc4ccccc4)c(c2)Cc2cccc(c2OCc2ccccc2)Cc2cc(cc(c2OCc2ccccc2)Cc2cccc(c2OCc2ccccc2)C3)N1.